The zero-order chi connectivity index (χ0) is 16.6. The fraction of sp³-hybridized carbons (Fsp3) is 0.833. The number of guanidine groups is 1. The molecule has 0 aliphatic carbocycles. The summed E-state index contributed by atoms with van der Waals surface area (Å²) >= 11 is 0. The Kier molecular flexibility index (Phi) is 19.6. The summed E-state index contributed by atoms with van der Waals surface area (Å²) in [5, 5.41) is 3.38. The van der Waals surface area contributed by atoms with E-state index in [2.05, 4.69) is 49.8 Å². The van der Waals surface area contributed by atoms with Gasteiger partial charge in [0.15, 0.2) is 5.96 Å². The predicted molar refractivity (Wildman–Crippen MR) is 115 cm³/mol. The number of hydrogen-bond donors (Lipinski definition) is 1. The number of unbranched alkanes of at least 4 members (excludes halogenated alkanes) is 5. The fourth-order valence-corrected chi connectivity index (χ4v) is 2.30. The Balaban J connectivity index is 0. The minimum atomic E-state index is 0. The first-order valence-corrected chi connectivity index (χ1v) is 8.86. The van der Waals surface area contributed by atoms with Crippen LogP contribution in [0.5, 0.6) is 0 Å². The monoisotopic (exact) mass is 438 g/mol. The molecule has 138 valence electrons. The van der Waals surface area contributed by atoms with Crippen LogP contribution in [-0.2, 0) is 0 Å². The molecule has 0 saturated carbocycles. The van der Waals surface area contributed by atoms with Crippen molar-refractivity contribution in [3.63, 3.8) is 0 Å². The van der Waals surface area contributed by atoms with Crippen molar-refractivity contribution in [2.24, 2.45) is 4.99 Å². The van der Waals surface area contributed by atoms with Gasteiger partial charge >= 0.3 is 0 Å². The number of halogens is 1. The zero-order valence-electron chi connectivity index (χ0n) is 15.8. The van der Waals surface area contributed by atoms with Gasteiger partial charge in [-0.1, -0.05) is 25.3 Å². The number of aliphatic imine (C=N–C) groups is 1. The second-order valence-electron chi connectivity index (χ2n) is 6.16. The molecule has 0 aromatic carbocycles. The Labute approximate surface area is 161 Å². The average Bonchev–Trinajstić information content (AvgIpc) is 2.48. The van der Waals surface area contributed by atoms with E-state index in [4.69, 9.17) is 4.99 Å². The highest BCUT2D eigenvalue weighted by molar-refractivity contribution is 14.0. The lowest BCUT2D eigenvalue weighted by atomic mass is 10.1. The molecule has 0 spiro atoms. The van der Waals surface area contributed by atoms with Gasteiger partial charge in [-0.3, -0.25) is 4.99 Å². The molecule has 0 saturated heterocycles. The minimum absolute atomic E-state index is 0. The van der Waals surface area contributed by atoms with Crippen LogP contribution in [0, 0.1) is 0 Å². The first-order chi connectivity index (χ1) is 10.6. The molecule has 0 aliphatic heterocycles. The van der Waals surface area contributed by atoms with Gasteiger partial charge < -0.3 is 15.1 Å². The third-order valence-corrected chi connectivity index (χ3v) is 3.62. The Morgan fingerprint density at radius 1 is 1.00 bits per heavy atom. The summed E-state index contributed by atoms with van der Waals surface area (Å²) in [6, 6.07) is 0. The van der Waals surface area contributed by atoms with Gasteiger partial charge in [-0.25, -0.2) is 0 Å². The number of allylic oxidation sites excluding steroid dienone is 1. The van der Waals surface area contributed by atoms with Crippen molar-refractivity contribution in [3.05, 3.63) is 12.7 Å². The van der Waals surface area contributed by atoms with Crippen LogP contribution in [0.3, 0.4) is 0 Å². The quantitative estimate of drug-likeness (QED) is 0.155. The Bertz CT molecular complexity index is 293. The van der Waals surface area contributed by atoms with Crippen LogP contribution in [-0.4, -0.2) is 63.1 Å². The molecule has 0 fully saturated rings. The van der Waals surface area contributed by atoms with Gasteiger partial charge in [-0.05, 0) is 53.2 Å². The molecule has 0 heterocycles. The molecule has 4 nitrogen and oxygen atoms in total. The maximum atomic E-state index is 4.74. The number of rotatable bonds is 13. The molecule has 0 aromatic heterocycles. The van der Waals surface area contributed by atoms with Gasteiger partial charge in [-0.15, -0.1) is 30.6 Å². The second-order valence-corrected chi connectivity index (χ2v) is 6.16. The van der Waals surface area contributed by atoms with E-state index in [1.165, 1.54) is 38.6 Å². The van der Waals surface area contributed by atoms with Gasteiger partial charge in [0.05, 0.1) is 0 Å². The van der Waals surface area contributed by atoms with Crippen molar-refractivity contribution in [1.82, 2.24) is 15.1 Å². The van der Waals surface area contributed by atoms with Crippen molar-refractivity contribution in [2.45, 2.75) is 51.9 Å². The van der Waals surface area contributed by atoms with Gasteiger partial charge in [0.25, 0.3) is 0 Å². The second kappa shape index (κ2) is 18.0. The summed E-state index contributed by atoms with van der Waals surface area (Å²) in [6.07, 6.45) is 10.6. The maximum absolute atomic E-state index is 4.74. The SMILES string of the molecule is C=CCCCN(C)C(=NCCCCCCCN(C)C)NCC.I. The van der Waals surface area contributed by atoms with Gasteiger partial charge in [-0.2, -0.15) is 0 Å². The highest BCUT2D eigenvalue weighted by Crippen LogP contribution is 2.04. The Hall–Kier alpha value is -0.300. The largest absolute Gasteiger partial charge is 0.357 e. The van der Waals surface area contributed by atoms with Crippen molar-refractivity contribution in [3.8, 4) is 0 Å². The summed E-state index contributed by atoms with van der Waals surface area (Å²) in [5.41, 5.74) is 0. The summed E-state index contributed by atoms with van der Waals surface area (Å²) in [7, 11) is 6.40. The van der Waals surface area contributed by atoms with Gasteiger partial charge in [0.1, 0.15) is 0 Å². The minimum Gasteiger partial charge on any atom is -0.357 e. The lowest BCUT2D eigenvalue weighted by molar-refractivity contribution is 0.390. The third kappa shape index (κ3) is 16.3. The first-order valence-electron chi connectivity index (χ1n) is 8.86. The van der Waals surface area contributed by atoms with Crippen LogP contribution in [0.25, 0.3) is 0 Å². The molecule has 23 heavy (non-hydrogen) atoms. The molecule has 0 aliphatic rings. The molecule has 5 heteroatoms. The highest BCUT2D eigenvalue weighted by atomic mass is 127. The third-order valence-electron chi connectivity index (χ3n) is 3.62. The highest BCUT2D eigenvalue weighted by Gasteiger charge is 2.04. The standard InChI is InChI=1S/C18H38N4.HI/c1-6-8-13-17-22(5)18(19-7-2)20-15-12-10-9-11-14-16-21(3)4;/h6H,1,7-17H2,2-5H3,(H,19,20);1H. The van der Waals surface area contributed by atoms with E-state index in [0.717, 1.165) is 38.4 Å². The van der Waals surface area contributed by atoms with E-state index in [1.807, 2.05) is 6.08 Å². The molecular weight excluding hydrogens is 399 g/mol. The summed E-state index contributed by atoms with van der Waals surface area (Å²) in [5.74, 6) is 1.04. The molecule has 0 bridgehead atoms. The molecule has 0 unspecified atom stereocenters. The van der Waals surface area contributed by atoms with Crippen LogP contribution < -0.4 is 5.32 Å². The van der Waals surface area contributed by atoms with E-state index in [9.17, 15) is 0 Å². The predicted octanol–water partition coefficient (Wildman–Crippen LogP) is 3.98. The topological polar surface area (TPSA) is 30.9 Å². The van der Waals surface area contributed by atoms with Crippen molar-refractivity contribution < 1.29 is 0 Å². The van der Waals surface area contributed by atoms with E-state index >= 15 is 0 Å². The molecule has 0 aromatic rings. The maximum Gasteiger partial charge on any atom is 0.193 e. The Morgan fingerprint density at radius 2 is 1.65 bits per heavy atom. The summed E-state index contributed by atoms with van der Waals surface area (Å²) in [4.78, 5) is 9.22. The first kappa shape index (κ1) is 24.9. The molecule has 0 rings (SSSR count). The van der Waals surface area contributed by atoms with E-state index in [0.29, 0.717) is 0 Å². The molecular formula is C18H39IN4. The van der Waals surface area contributed by atoms with Crippen molar-refractivity contribution in [2.75, 3.05) is 47.3 Å². The van der Waals surface area contributed by atoms with Gasteiger partial charge in [0.2, 0.25) is 0 Å². The van der Waals surface area contributed by atoms with Crippen LogP contribution in [0.15, 0.2) is 17.6 Å². The molecule has 0 radical (unpaired) electrons. The lowest BCUT2D eigenvalue weighted by Crippen LogP contribution is -2.39. The summed E-state index contributed by atoms with van der Waals surface area (Å²) in [6.45, 7) is 9.99. The number of hydrogen-bond acceptors (Lipinski definition) is 2. The van der Waals surface area contributed by atoms with Crippen molar-refractivity contribution in [1.29, 1.82) is 0 Å². The van der Waals surface area contributed by atoms with Gasteiger partial charge in [0, 0.05) is 26.7 Å². The molecule has 0 atom stereocenters. The van der Waals surface area contributed by atoms with Crippen LogP contribution in [0.4, 0.5) is 0 Å². The van der Waals surface area contributed by atoms with Crippen molar-refractivity contribution >= 4 is 29.9 Å². The smallest absolute Gasteiger partial charge is 0.193 e. The fourth-order valence-electron chi connectivity index (χ4n) is 2.30. The van der Waals surface area contributed by atoms with Crippen LogP contribution in [0.1, 0.15) is 51.9 Å². The number of nitrogens with zero attached hydrogens (tertiary/aromatic N) is 3. The Morgan fingerprint density at radius 3 is 2.26 bits per heavy atom. The lowest BCUT2D eigenvalue weighted by Gasteiger charge is -2.21. The van der Waals surface area contributed by atoms with E-state index < -0.39 is 0 Å². The van der Waals surface area contributed by atoms with E-state index in [1.54, 1.807) is 0 Å². The van der Waals surface area contributed by atoms with Crippen LogP contribution >= 0.6 is 24.0 Å². The average molecular weight is 438 g/mol. The normalized spacial score (nSPS) is 11.3. The summed E-state index contributed by atoms with van der Waals surface area (Å²) < 4.78 is 0. The number of nitrogens with one attached hydrogen (secondary N) is 1. The molecule has 1 N–H and O–H groups in total. The molecule has 0 amide bonds. The van der Waals surface area contributed by atoms with Crippen LogP contribution in [0.2, 0.25) is 0 Å². The zero-order valence-corrected chi connectivity index (χ0v) is 18.1. The van der Waals surface area contributed by atoms with E-state index in [-0.39, 0.29) is 24.0 Å².